The highest BCUT2D eigenvalue weighted by Gasteiger charge is 2.19. The number of para-hydroxylation sites is 1. The van der Waals surface area contributed by atoms with E-state index in [4.69, 9.17) is 0 Å². The highest BCUT2D eigenvalue weighted by Crippen LogP contribution is 2.40. The van der Waals surface area contributed by atoms with Crippen LogP contribution in [0.4, 0.5) is 0 Å². The van der Waals surface area contributed by atoms with E-state index < -0.39 is 0 Å². The minimum absolute atomic E-state index is 0.0141. The molecule has 0 unspecified atom stereocenters. The number of benzene rings is 8. The quantitative estimate of drug-likeness (QED) is 0.122. The van der Waals surface area contributed by atoms with Gasteiger partial charge in [0.2, 0.25) is 0 Å². The van der Waals surface area contributed by atoms with Crippen LogP contribution in [0.5, 0.6) is 0 Å². The van der Waals surface area contributed by atoms with Gasteiger partial charge in [-0.3, -0.25) is 9.20 Å². The Hall–Kier alpha value is -7.49. The van der Waals surface area contributed by atoms with Crippen molar-refractivity contribution in [1.82, 2.24) is 8.97 Å². The van der Waals surface area contributed by atoms with Crippen molar-refractivity contribution in [3.63, 3.8) is 0 Å². The van der Waals surface area contributed by atoms with E-state index in [1.807, 2.05) is 31.2 Å². The Bertz CT molecular complexity index is 3430. The predicted molar refractivity (Wildman–Crippen MR) is 258 cm³/mol. The summed E-state index contributed by atoms with van der Waals surface area (Å²) in [6, 6.07) is 63.0. The van der Waals surface area contributed by atoms with Gasteiger partial charge < -0.3 is 4.57 Å². The van der Waals surface area contributed by atoms with Crippen molar-refractivity contribution in [2.45, 2.75) is 27.7 Å². The molecule has 0 fully saturated rings. The second-order valence-corrected chi connectivity index (χ2v) is 15.2. The van der Waals surface area contributed by atoms with Crippen molar-refractivity contribution >= 4 is 65.3 Å². The zero-order valence-corrected chi connectivity index (χ0v) is 34.3. The Labute approximate surface area is 349 Å². The lowest BCUT2D eigenvalue weighted by molar-refractivity contribution is 1.18. The summed E-state index contributed by atoms with van der Waals surface area (Å²) < 4.78 is 4.33. The number of hydrogen-bond acceptors (Lipinski definition) is 1. The number of aromatic nitrogens is 2. The average Bonchev–Trinajstić information content (AvgIpc) is 3.83. The molecule has 0 N–H and O–H groups in total. The molecule has 3 aromatic heterocycles. The molecule has 60 heavy (non-hydrogen) atoms. The molecule has 0 bridgehead atoms. The maximum Gasteiger partial charge on any atom is 0.263 e. The van der Waals surface area contributed by atoms with Gasteiger partial charge >= 0.3 is 0 Å². The van der Waals surface area contributed by atoms with Crippen LogP contribution >= 0.6 is 0 Å². The lowest BCUT2D eigenvalue weighted by Gasteiger charge is -2.11. The second-order valence-electron chi connectivity index (χ2n) is 15.2. The summed E-state index contributed by atoms with van der Waals surface area (Å²) in [5, 5.41) is 7.39. The fourth-order valence-corrected chi connectivity index (χ4v) is 9.22. The number of nitrogens with zero attached hydrogens (tertiary/aromatic N) is 2. The second kappa shape index (κ2) is 15.0. The standard InChI is InChI=1S/C55H38N2O.C2H6/c1-3-13-35(4-2)39-22-26-46-47(31-39)44-20-12-21-45-48-34-42(25-29-53(48)57(54(44)45)55(46)58)38-18-11-19-43(30-38)56-51-27-23-40(36-14-7-5-8-15-36)32-49(51)50-33-41(24-28-52(50)56)37-16-9-6-10-17-37;1-2/h3-34H,1-2H3;1-2H3/b13-3-,35-4+;. The van der Waals surface area contributed by atoms with Crippen molar-refractivity contribution in [2.75, 3.05) is 0 Å². The molecule has 11 aromatic rings. The molecule has 8 aromatic carbocycles. The monoisotopic (exact) mass is 772 g/mol. The van der Waals surface area contributed by atoms with Gasteiger partial charge in [-0.2, -0.15) is 0 Å². The SMILES string of the molecule is C/C=C\C(=C/C)c1ccc2c(=O)n3c4ccc(-c5cccc(-n6c7ccc(-c8ccccc8)cc7c7cc(-c8ccccc8)ccc76)c5)cc4c4cccc(c2c1)c43.CC. The molecule has 0 saturated heterocycles. The van der Waals surface area contributed by atoms with E-state index in [9.17, 15) is 4.79 Å². The average molecular weight is 773 g/mol. The van der Waals surface area contributed by atoms with E-state index in [0.717, 1.165) is 76.9 Å². The normalized spacial score (nSPS) is 12.1. The van der Waals surface area contributed by atoms with Crippen molar-refractivity contribution < 1.29 is 0 Å². The summed E-state index contributed by atoms with van der Waals surface area (Å²) >= 11 is 0. The van der Waals surface area contributed by atoms with Crippen molar-refractivity contribution in [3.05, 3.63) is 210 Å². The predicted octanol–water partition coefficient (Wildman–Crippen LogP) is 15.3. The summed E-state index contributed by atoms with van der Waals surface area (Å²) in [6.07, 6.45) is 6.29. The van der Waals surface area contributed by atoms with Gasteiger partial charge in [0.1, 0.15) is 0 Å². The van der Waals surface area contributed by atoms with E-state index in [0.29, 0.717) is 0 Å². The number of pyridine rings is 1. The number of hydrogen-bond donors (Lipinski definition) is 0. The summed E-state index contributed by atoms with van der Waals surface area (Å²) in [6.45, 7) is 8.08. The fourth-order valence-electron chi connectivity index (χ4n) is 9.22. The van der Waals surface area contributed by atoms with Gasteiger partial charge in [-0.1, -0.05) is 147 Å². The zero-order valence-electron chi connectivity index (χ0n) is 34.3. The van der Waals surface area contributed by atoms with E-state index in [2.05, 4.69) is 200 Å². The summed E-state index contributed by atoms with van der Waals surface area (Å²) in [5.41, 5.74) is 14.6. The summed E-state index contributed by atoms with van der Waals surface area (Å²) in [4.78, 5) is 14.3. The molecular weight excluding hydrogens is 729 g/mol. The van der Waals surface area contributed by atoms with Crippen LogP contribution in [0.1, 0.15) is 33.3 Å². The molecule has 0 atom stereocenters. The van der Waals surface area contributed by atoms with Crippen LogP contribution in [0, 0.1) is 0 Å². The molecular formula is C57H44N2O. The minimum atomic E-state index is 0.0141. The molecule has 11 rings (SSSR count). The smallest absolute Gasteiger partial charge is 0.263 e. The third kappa shape index (κ3) is 5.85. The van der Waals surface area contributed by atoms with Crippen LogP contribution in [0.15, 0.2) is 199 Å². The van der Waals surface area contributed by atoms with E-state index in [1.165, 1.54) is 33.0 Å². The number of allylic oxidation sites excluding steroid dienone is 4. The minimum Gasteiger partial charge on any atom is -0.309 e. The summed E-state index contributed by atoms with van der Waals surface area (Å²) in [5.74, 6) is 0. The molecule has 0 spiro atoms. The maximum absolute atomic E-state index is 14.3. The van der Waals surface area contributed by atoms with Crippen LogP contribution < -0.4 is 5.56 Å². The Morgan fingerprint density at radius 3 is 1.55 bits per heavy atom. The Kier molecular flexibility index (Phi) is 9.22. The molecule has 3 heterocycles. The van der Waals surface area contributed by atoms with E-state index in [1.54, 1.807) is 0 Å². The van der Waals surface area contributed by atoms with Crippen LogP contribution in [-0.4, -0.2) is 8.97 Å². The lowest BCUT2D eigenvalue weighted by atomic mass is 9.98. The molecule has 3 nitrogen and oxygen atoms in total. The van der Waals surface area contributed by atoms with E-state index in [-0.39, 0.29) is 5.56 Å². The van der Waals surface area contributed by atoms with Gasteiger partial charge in [0.05, 0.1) is 22.1 Å². The summed E-state index contributed by atoms with van der Waals surface area (Å²) in [7, 11) is 0. The van der Waals surface area contributed by atoms with Crippen LogP contribution in [0.3, 0.4) is 0 Å². The van der Waals surface area contributed by atoms with E-state index >= 15 is 0 Å². The van der Waals surface area contributed by atoms with Gasteiger partial charge in [-0.15, -0.1) is 0 Å². The highest BCUT2D eigenvalue weighted by atomic mass is 16.1. The van der Waals surface area contributed by atoms with Crippen molar-refractivity contribution in [3.8, 4) is 39.1 Å². The maximum atomic E-state index is 14.3. The lowest BCUT2D eigenvalue weighted by Crippen LogP contribution is -2.13. The van der Waals surface area contributed by atoms with Gasteiger partial charge in [0, 0.05) is 38.0 Å². The first-order valence-electron chi connectivity index (χ1n) is 21.0. The number of rotatable bonds is 6. The topological polar surface area (TPSA) is 26.4 Å². The zero-order chi connectivity index (χ0) is 40.9. The van der Waals surface area contributed by atoms with Crippen molar-refractivity contribution in [2.24, 2.45) is 0 Å². The molecule has 288 valence electrons. The molecule has 0 aliphatic carbocycles. The number of fused-ring (bicyclic) bond motifs is 8. The molecule has 0 radical (unpaired) electrons. The first kappa shape index (κ1) is 36.8. The molecule has 0 aliphatic heterocycles. The molecule has 0 aliphatic rings. The van der Waals surface area contributed by atoms with Crippen LogP contribution in [-0.2, 0) is 0 Å². The third-order valence-electron chi connectivity index (χ3n) is 11.9. The third-order valence-corrected chi connectivity index (χ3v) is 11.9. The van der Waals surface area contributed by atoms with Gasteiger partial charge in [-0.05, 0) is 124 Å². The fraction of sp³-hybridized carbons (Fsp3) is 0.0702. The molecule has 0 amide bonds. The van der Waals surface area contributed by atoms with Crippen LogP contribution in [0.25, 0.3) is 104 Å². The van der Waals surface area contributed by atoms with Gasteiger partial charge in [0.25, 0.3) is 5.56 Å². The first-order chi connectivity index (χ1) is 29.6. The Balaban J connectivity index is 0.00000213. The van der Waals surface area contributed by atoms with Gasteiger partial charge in [0.15, 0.2) is 0 Å². The Morgan fingerprint density at radius 1 is 0.433 bits per heavy atom. The molecule has 3 heteroatoms. The molecule has 0 saturated carbocycles. The van der Waals surface area contributed by atoms with Gasteiger partial charge in [-0.25, -0.2) is 0 Å². The Morgan fingerprint density at radius 2 is 0.950 bits per heavy atom. The van der Waals surface area contributed by atoms with Crippen molar-refractivity contribution in [1.29, 1.82) is 0 Å². The first-order valence-corrected chi connectivity index (χ1v) is 21.0. The van der Waals surface area contributed by atoms with Crippen LogP contribution in [0.2, 0.25) is 0 Å². The highest BCUT2D eigenvalue weighted by molar-refractivity contribution is 6.21. The largest absolute Gasteiger partial charge is 0.309 e.